The maximum atomic E-state index is 6.05. The molecule has 0 saturated carbocycles. The molecule has 9 heteroatoms. The van der Waals surface area contributed by atoms with Crippen molar-refractivity contribution in [2.45, 2.75) is 44.5 Å². The topological polar surface area (TPSA) is 97.3 Å². The maximum Gasteiger partial charge on any atom is 0.223 e. The number of nitrogens with two attached hydrogens (primary N) is 1. The van der Waals surface area contributed by atoms with Crippen LogP contribution in [0.1, 0.15) is 26.5 Å². The monoisotopic (exact) mass is 325 g/mol. The molecule has 0 bridgehead atoms. The SMILES string of the molecule is CC1(C)O[C@H]2CO[C@@H](n3cnc4c(Cl)nc(N)nc43)C[C@H]2O1. The molecule has 2 fully saturated rings. The van der Waals surface area contributed by atoms with Gasteiger partial charge in [0.15, 0.2) is 16.6 Å². The zero-order chi connectivity index (χ0) is 15.5. The molecule has 0 radical (unpaired) electrons. The number of hydrogen-bond acceptors (Lipinski definition) is 7. The van der Waals surface area contributed by atoms with E-state index in [1.54, 1.807) is 6.33 Å². The van der Waals surface area contributed by atoms with Crippen LogP contribution in [-0.2, 0) is 14.2 Å². The van der Waals surface area contributed by atoms with Gasteiger partial charge < -0.3 is 19.9 Å². The summed E-state index contributed by atoms with van der Waals surface area (Å²) in [7, 11) is 0. The van der Waals surface area contributed by atoms with Gasteiger partial charge in [-0.15, -0.1) is 0 Å². The second-order valence-electron chi connectivity index (χ2n) is 5.93. The van der Waals surface area contributed by atoms with Crippen LogP contribution in [0.4, 0.5) is 5.95 Å². The first-order chi connectivity index (χ1) is 10.4. The minimum Gasteiger partial charge on any atom is -0.368 e. The molecule has 4 rings (SSSR count). The highest BCUT2D eigenvalue weighted by molar-refractivity contribution is 6.33. The van der Waals surface area contributed by atoms with Crippen LogP contribution in [0.5, 0.6) is 0 Å². The molecule has 2 N–H and O–H groups in total. The van der Waals surface area contributed by atoms with Gasteiger partial charge in [0.1, 0.15) is 17.8 Å². The Hall–Kier alpha value is -1.48. The summed E-state index contributed by atoms with van der Waals surface area (Å²) < 4.78 is 19.4. The van der Waals surface area contributed by atoms with Crippen molar-refractivity contribution in [3.05, 3.63) is 11.5 Å². The van der Waals surface area contributed by atoms with Gasteiger partial charge in [0, 0.05) is 6.42 Å². The Morgan fingerprint density at radius 2 is 2.09 bits per heavy atom. The van der Waals surface area contributed by atoms with Crippen LogP contribution in [0.15, 0.2) is 6.33 Å². The molecule has 2 aromatic rings. The molecule has 2 aliphatic heterocycles. The third-order valence-electron chi connectivity index (χ3n) is 3.88. The van der Waals surface area contributed by atoms with Crippen molar-refractivity contribution in [1.29, 1.82) is 0 Å². The van der Waals surface area contributed by atoms with Crippen LogP contribution in [0.2, 0.25) is 5.15 Å². The third-order valence-corrected chi connectivity index (χ3v) is 4.14. The van der Waals surface area contributed by atoms with Crippen molar-refractivity contribution >= 4 is 28.7 Å². The number of nitrogen functional groups attached to an aromatic ring is 1. The number of anilines is 1. The first kappa shape index (κ1) is 14.1. The van der Waals surface area contributed by atoms with E-state index in [1.165, 1.54) is 0 Å². The van der Waals surface area contributed by atoms with Crippen LogP contribution in [-0.4, -0.2) is 44.1 Å². The van der Waals surface area contributed by atoms with E-state index in [4.69, 9.17) is 31.5 Å². The summed E-state index contributed by atoms with van der Waals surface area (Å²) in [6, 6.07) is 0. The predicted molar refractivity (Wildman–Crippen MR) is 78.2 cm³/mol. The summed E-state index contributed by atoms with van der Waals surface area (Å²) in [6.45, 7) is 4.26. The molecule has 0 unspecified atom stereocenters. The first-order valence-electron chi connectivity index (χ1n) is 7.06. The summed E-state index contributed by atoms with van der Waals surface area (Å²) in [5.74, 6) is -0.477. The molecular formula is C13H16ClN5O3. The molecule has 0 aromatic carbocycles. The van der Waals surface area contributed by atoms with E-state index >= 15 is 0 Å². The minimum atomic E-state index is -0.583. The summed E-state index contributed by atoms with van der Waals surface area (Å²) >= 11 is 6.05. The van der Waals surface area contributed by atoms with Crippen LogP contribution in [0.25, 0.3) is 11.2 Å². The normalized spacial score (nSPS) is 30.6. The zero-order valence-electron chi connectivity index (χ0n) is 12.2. The molecule has 0 aliphatic carbocycles. The quantitative estimate of drug-likeness (QED) is 0.793. The number of fused-ring (bicyclic) bond motifs is 2. The minimum absolute atomic E-state index is 0.0270. The van der Waals surface area contributed by atoms with E-state index in [2.05, 4.69) is 15.0 Å². The Balaban J connectivity index is 1.66. The molecule has 2 aromatic heterocycles. The molecular weight excluding hydrogens is 310 g/mol. The standard InChI is InChI=1S/C13H16ClN5O3/c1-13(2)21-6-3-8(20-4-7(6)22-13)19-5-16-9-10(14)17-12(15)18-11(9)19/h5-8H,3-4H2,1-2H3,(H2,15,17,18)/t6-,7+,8-/m1/s1. The van der Waals surface area contributed by atoms with Crippen LogP contribution in [0.3, 0.4) is 0 Å². The molecule has 8 nitrogen and oxygen atoms in total. The summed E-state index contributed by atoms with van der Waals surface area (Å²) in [5.41, 5.74) is 6.73. The molecule has 0 amide bonds. The smallest absolute Gasteiger partial charge is 0.223 e. The van der Waals surface area contributed by atoms with Crippen molar-refractivity contribution < 1.29 is 14.2 Å². The zero-order valence-corrected chi connectivity index (χ0v) is 12.9. The van der Waals surface area contributed by atoms with E-state index in [9.17, 15) is 0 Å². The molecule has 4 heterocycles. The fraction of sp³-hybridized carbons (Fsp3) is 0.615. The Morgan fingerprint density at radius 3 is 2.91 bits per heavy atom. The average Bonchev–Trinajstić information content (AvgIpc) is 2.96. The molecule has 2 aliphatic rings. The molecule has 2 saturated heterocycles. The Bertz CT molecular complexity index is 734. The average molecular weight is 326 g/mol. The number of hydrogen-bond donors (Lipinski definition) is 1. The van der Waals surface area contributed by atoms with Crippen molar-refractivity contribution in [3.63, 3.8) is 0 Å². The number of imidazole rings is 1. The van der Waals surface area contributed by atoms with Gasteiger partial charge in [-0.3, -0.25) is 4.57 Å². The first-order valence-corrected chi connectivity index (χ1v) is 7.43. The lowest BCUT2D eigenvalue weighted by molar-refractivity contribution is -0.146. The van der Waals surface area contributed by atoms with E-state index in [0.29, 0.717) is 24.2 Å². The van der Waals surface area contributed by atoms with Crippen LogP contribution in [0, 0.1) is 0 Å². The fourth-order valence-corrected chi connectivity index (χ4v) is 3.24. The second-order valence-corrected chi connectivity index (χ2v) is 6.29. The van der Waals surface area contributed by atoms with Gasteiger partial charge in [-0.2, -0.15) is 9.97 Å². The van der Waals surface area contributed by atoms with Gasteiger partial charge in [0.25, 0.3) is 0 Å². The lowest BCUT2D eigenvalue weighted by atomic mass is 10.1. The molecule has 22 heavy (non-hydrogen) atoms. The van der Waals surface area contributed by atoms with Gasteiger partial charge in [0.05, 0.1) is 19.0 Å². The van der Waals surface area contributed by atoms with E-state index in [-0.39, 0.29) is 29.5 Å². The lowest BCUT2D eigenvalue weighted by Crippen LogP contribution is -2.37. The van der Waals surface area contributed by atoms with Gasteiger partial charge in [-0.1, -0.05) is 11.6 Å². The number of nitrogens with zero attached hydrogens (tertiary/aromatic N) is 4. The van der Waals surface area contributed by atoms with E-state index in [1.807, 2.05) is 18.4 Å². The molecule has 118 valence electrons. The Kier molecular flexibility index (Phi) is 3.06. The van der Waals surface area contributed by atoms with Crippen molar-refractivity contribution in [3.8, 4) is 0 Å². The number of rotatable bonds is 1. The highest BCUT2D eigenvalue weighted by Crippen LogP contribution is 2.38. The van der Waals surface area contributed by atoms with E-state index < -0.39 is 5.79 Å². The van der Waals surface area contributed by atoms with Crippen LogP contribution < -0.4 is 5.73 Å². The van der Waals surface area contributed by atoms with Gasteiger partial charge in [-0.25, -0.2) is 4.98 Å². The number of halogens is 1. The lowest BCUT2D eigenvalue weighted by Gasteiger charge is -2.30. The Labute approximate surface area is 131 Å². The summed E-state index contributed by atoms with van der Waals surface area (Å²) in [4.78, 5) is 12.4. The summed E-state index contributed by atoms with van der Waals surface area (Å²) in [6.07, 6.45) is 1.94. The van der Waals surface area contributed by atoms with Gasteiger partial charge >= 0.3 is 0 Å². The van der Waals surface area contributed by atoms with Crippen LogP contribution >= 0.6 is 11.6 Å². The Morgan fingerprint density at radius 1 is 1.32 bits per heavy atom. The van der Waals surface area contributed by atoms with Crippen molar-refractivity contribution in [2.24, 2.45) is 0 Å². The van der Waals surface area contributed by atoms with E-state index in [0.717, 1.165) is 0 Å². The maximum absolute atomic E-state index is 6.05. The second kappa shape index (κ2) is 4.76. The number of ether oxygens (including phenoxy) is 3. The third kappa shape index (κ3) is 2.23. The molecule has 3 atom stereocenters. The largest absolute Gasteiger partial charge is 0.368 e. The highest BCUT2D eigenvalue weighted by atomic mass is 35.5. The number of aromatic nitrogens is 4. The highest BCUT2D eigenvalue weighted by Gasteiger charge is 2.45. The molecule has 0 spiro atoms. The van der Waals surface area contributed by atoms with Crippen molar-refractivity contribution in [2.75, 3.05) is 12.3 Å². The van der Waals surface area contributed by atoms with Crippen molar-refractivity contribution in [1.82, 2.24) is 19.5 Å². The predicted octanol–water partition coefficient (Wildman–Crippen LogP) is 1.50. The van der Waals surface area contributed by atoms with Gasteiger partial charge in [0.2, 0.25) is 5.95 Å². The van der Waals surface area contributed by atoms with Gasteiger partial charge in [-0.05, 0) is 13.8 Å². The summed E-state index contributed by atoms with van der Waals surface area (Å²) in [5, 5.41) is 0.233. The fourth-order valence-electron chi connectivity index (χ4n) is 3.03.